The Kier molecular flexibility index (Phi) is 7.78. The predicted molar refractivity (Wildman–Crippen MR) is 95.6 cm³/mol. The van der Waals surface area contributed by atoms with Crippen LogP contribution >= 0.6 is 0 Å². The summed E-state index contributed by atoms with van der Waals surface area (Å²) < 4.78 is 0. The fourth-order valence-corrected chi connectivity index (χ4v) is 2.85. The highest BCUT2D eigenvalue weighted by atomic mass is 14.3. The molecule has 0 amide bonds. The van der Waals surface area contributed by atoms with E-state index in [0.29, 0.717) is 0 Å². The molecule has 0 fully saturated rings. The van der Waals surface area contributed by atoms with Gasteiger partial charge in [0.25, 0.3) is 0 Å². The monoisotopic (exact) mass is 286 g/mol. The largest absolute Gasteiger partial charge is 0.0876 e. The molecule has 118 valence electrons. The fourth-order valence-electron chi connectivity index (χ4n) is 2.85. The molecule has 0 saturated carbocycles. The maximum atomic E-state index is 2.33. The summed E-state index contributed by atoms with van der Waals surface area (Å²) in [6, 6.07) is 8.86. The number of rotatable bonds is 2. The molecule has 0 bridgehead atoms. The molecule has 0 spiro atoms. The lowest BCUT2D eigenvalue weighted by atomic mass is 9.85. The number of benzene rings is 1. The minimum absolute atomic E-state index is 0.831. The standard InChI is InChI=1S/C12H16.C7H12.C2H6/c1-9(2)12-7-10-5-3-4-6-11(10)8-12;1-6(2)7-4-3-5-7;1-2/h3-6,9,12H,7-8H2,1-2H3;3-4,6-7H,5H2,1-2H3;1-2H3. The number of hydrogen-bond donors (Lipinski definition) is 0. The van der Waals surface area contributed by atoms with E-state index in [1.165, 1.54) is 19.3 Å². The van der Waals surface area contributed by atoms with Crippen LogP contribution in [0.15, 0.2) is 36.4 Å². The Labute approximate surface area is 132 Å². The quantitative estimate of drug-likeness (QED) is 0.559. The maximum absolute atomic E-state index is 2.33. The van der Waals surface area contributed by atoms with E-state index in [4.69, 9.17) is 0 Å². The SMILES string of the molecule is CC.CC(C)C1C=CC1.CC(C)C1Cc2ccccc2C1. The molecule has 0 aromatic heterocycles. The van der Waals surface area contributed by atoms with Crippen molar-refractivity contribution >= 4 is 0 Å². The zero-order chi connectivity index (χ0) is 15.8. The summed E-state index contributed by atoms with van der Waals surface area (Å²) in [5.74, 6) is 3.49. The molecule has 0 heteroatoms. The second-order valence-corrected chi connectivity index (χ2v) is 6.75. The third kappa shape index (κ3) is 5.34. The molecule has 0 saturated heterocycles. The van der Waals surface area contributed by atoms with Gasteiger partial charge in [-0.05, 0) is 54.1 Å². The molecule has 0 N–H and O–H groups in total. The van der Waals surface area contributed by atoms with Gasteiger partial charge in [0.2, 0.25) is 0 Å². The van der Waals surface area contributed by atoms with Crippen molar-refractivity contribution in [2.45, 2.75) is 60.8 Å². The average molecular weight is 287 g/mol. The molecule has 0 heterocycles. The highest BCUT2D eigenvalue weighted by Gasteiger charge is 2.22. The van der Waals surface area contributed by atoms with Crippen LogP contribution in [0.1, 0.15) is 59.1 Å². The first-order valence-electron chi connectivity index (χ1n) is 8.81. The van der Waals surface area contributed by atoms with E-state index in [1.807, 2.05) is 13.8 Å². The van der Waals surface area contributed by atoms with Crippen LogP contribution in [0.3, 0.4) is 0 Å². The van der Waals surface area contributed by atoms with Crippen LogP contribution in [0.2, 0.25) is 0 Å². The Morgan fingerprint density at radius 1 is 0.857 bits per heavy atom. The van der Waals surface area contributed by atoms with Crippen LogP contribution in [0.25, 0.3) is 0 Å². The molecule has 0 nitrogen and oxygen atoms in total. The van der Waals surface area contributed by atoms with E-state index in [-0.39, 0.29) is 0 Å². The Bertz CT molecular complexity index is 400. The van der Waals surface area contributed by atoms with Gasteiger partial charge in [-0.2, -0.15) is 0 Å². The van der Waals surface area contributed by atoms with Gasteiger partial charge in [-0.3, -0.25) is 0 Å². The van der Waals surface area contributed by atoms with Crippen LogP contribution in [-0.4, -0.2) is 0 Å². The highest BCUT2D eigenvalue weighted by molar-refractivity contribution is 5.32. The Balaban J connectivity index is 0.000000210. The highest BCUT2D eigenvalue weighted by Crippen LogP contribution is 2.30. The van der Waals surface area contributed by atoms with E-state index in [0.717, 1.165) is 23.7 Å². The summed E-state index contributed by atoms with van der Waals surface area (Å²) in [4.78, 5) is 0. The molecule has 1 aromatic rings. The van der Waals surface area contributed by atoms with Crippen molar-refractivity contribution in [1.29, 1.82) is 0 Å². The second kappa shape index (κ2) is 9.07. The van der Waals surface area contributed by atoms with E-state index < -0.39 is 0 Å². The van der Waals surface area contributed by atoms with Crippen molar-refractivity contribution in [3.05, 3.63) is 47.5 Å². The molecular formula is C21H34. The molecule has 1 unspecified atom stereocenters. The molecule has 1 atom stereocenters. The van der Waals surface area contributed by atoms with Gasteiger partial charge in [-0.25, -0.2) is 0 Å². The first kappa shape index (κ1) is 18.0. The van der Waals surface area contributed by atoms with Crippen LogP contribution in [0, 0.1) is 23.7 Å². The zero-order valence-electron chi connectivity index (χ0n) is 14.9. The van der Waals surface area contributed by atoms with E-state index in [9.17, 15) is 0 Å². The number of allylic oxidation sites excluding steroid dienone is 2. The summed E-state index contributed by atoms with van der Waals surface area (Å²) in [7, 11) is 0. The van der Waals surface area contributed by atoms with Crippen molar-refractivity contribution in [2.75, 3.05) is 0 Å². The van der Waals surface area contributed by atoms with Gasteiger partial charge in [-0.1, -0.05) is 78.0 Å². The van der Waals surface area contributed by atoms with Crippen molar-refractivity contribution in [3.63, 3.8) is 0 Å². The third-order valence-corrected chi connectivity index (χ3v) is 4.67. The van der Waals surface area contributed by atoms with Gasteiger partial charge in [0.05, 0.1) is 0 Å². The zero-order valence-corrected chi connectivity index (χ0v) is 14.9. The van der Waals surface area contributed by atoms with Crippen LogP contribution in [-0.2, 0) is 12.8 Å². The lowest BCUT2D eigenvalue weighted by Gasteiger charge is -2.20. The van der Waals surface area contributed by atoms with E-state index >= 15 is 0 Å². The summed E-state index contributed by atoms with van der Waals surface area (Å²) in [5, 5.41) is 0. The summed E-state index contributed by atoms with van der Waals surface area (Å²) >= 11 is 0. The van der Waals surface area contributed by atoms with E-state index in [2.05, 4.69) is 64.1 Å². The predicted octanol–water partition coefficient (Wildman–Crippen LogP) is 6.30. The van der Waals surface area contributed by atoms with Crippen molar-refractivity contribution in [2.24, 2.45) is 23.7 Å². The normalized spacial score (nSPS) is 19.3. The first-order chi connectivity index (χ1) is 10.1. The Morgan fingerprint density at radius 3 is 1.57 bits per heavy atom. The average Bonchev–Trinajstić information content (AvgIpc) is 2.83. The van der Waals surface area contributed by atoms with Crippen LogP contribution < -0.4 is 0 Å². The smallest absolute Gasteiger partial charge is 0.0176 e. The van der Waals surface area contributed by atoms with Gasteiger partial charge in [0.15, 0.2) is 0 Å². The van der Waals surface area contributed by atoms with Crippen LogP contribution in [0.4, 0.5) is 0 Å². The van der Waals surface area contributed by atoms with Crippen molar-refractivity contribution in [1.82, 2.24) is 0 Å². The maximum Gasteiger partial charge on any atom is -0.0176 e. The lowest BCUT2D eigenvalue weighted by molar-refractivity contribution is 0.404. The summed E-state index contributed by atoms with van der Waals surface area (Å²) in [5.41, 5.74) is 3.16. The molecule has 0 aliphatic heterocycles. The minimum Gasteiger partial charge on any atom is -0.0876 e. The van der Waals surface area contributed by atoms with Crippen LogP contribution in [0.5, 0.6) is 0 Å². The van der Waals surface area contributed by atoms with Gasteiger partial charge >= 0.3 is 0 Å². The Hall–Kier alpha value is -1.04. The van der Waals surface area contributed by atoms with Gasteiger partial charge in [0, 0.05) is 0 Å². The molecular weight excluding hydrogens is 252 g/mol. The molecule has 0 radical (unpaired) electrons. The molecule has 21 heavy (non-hydrogen) atoms. The van der Waals surface area contributed by atoms with Crippen molar-refractivity contribution < 1.29 is 0 Å². The lowest BCUT2D eigenvalue weighted by Crippen LogP contribution is -2.09. The van der Waals surface area contributed by atoms with E-state index in [1.54, 1.807) is 11.1 Å². The second-order valence-electron chi connectivity index (χ2n) is 6.75. The molecule has 3 rings (SSSR count). The molecule has 2 aliphatic rings. The first-order valence-corrected chi connectivity index (χ1v) is 8.81. The minimum atomic E-state index is 0.831. The topological polar surface area (TPSA) is 0 Å². The molecule has 2 aliphatic carbocycles. The van der Waals surface area contributed by atoms with Gasteiger partial charge in [-0.15, -0.1) is 0 Å². The third-order valence-electron chi connectivity index (χ3n) is 4.67. The number of hydrogen-bond acceptors (Lipinski definition) is 0. The van der Waals surface area contributed by atoms with Gasteiger partial charge in [0.1, 0.15) is 0 Å². The molecule has 1 aromatic carbocycles. The number of fused-ring (bicyclic) bond motifs is 1. The fraction of sp³-hybridized carbons (Fsp3) is 0.619. The van der Waals surface area contributed by atoms with Crippen molar-refractivity contribution in [3.8, 4) is 0 Å². The summed E-state index contributed by atoms with van der Waals surface area (Å²) in [6.07, 6.45) is 8.45. The summed E-state index contributed by atoms with van der Waals surface area (Å²) in [6.45, 7) is 13.2. The van der Waals surface area contributed by atoms with Gasteiger partial charge < -0.3 is 0 Å². The Morgan fingerprint density at radius 2 is 1.33 bits per heavy atom.